The number of carbonyl (C=O) groups is 1. The van der Waals surface area contributed by atoms with Gasteiger partial charge in [0.2, 0.25) is 10.0 Å². The molecule has 0 aliphatic heterocycles. The lowest BCUT2D eigenvalue weighted by atomic mass is 10.1. The molecule has 0 aliphatic rings. The van der Waals surface area contributed by atoms with E-state index >= 15 is 0 Å². The molecule has 0 spiro atoms. The molecule has 0 radical (unpaired) electrons. The predicted octanol–water partition coefficient (Wildman–Crippen LogP) is 3.22. The van der Waals surface area contributed by atoms with Gasteiger partial charge in [-0.3, -0.25) is 9.52 Å². The number of rotatable bonds is 4. The standard InChI is InChI=1S/C15H15IN2O3S/c1-10-4-3-5-13(14(10)16)15(19)17-11-6-8-12(9-7-11)18-22(2,20)21/h3-9,18H,1-2H3,(H,17,19). The molecule has 0 aromatic heterocycles. The first-order chi connectivity index (χ1) is 10.3. The van der Waals surface area contributed by atoms with Crippen LogP contribution in [0.1, 0.15) is 15.9 Å². The fraction of sp³-hybridized carbons (Fsp3) is 0.133. The average Bonchev–Trinajstić information content (AvgIpc) is 2.42. The number of amides is 1. The number of benzene rings is 2. The molecule has 0 fully saturated rings. The van der Waals surface area contributed by atoms with Crippen molar-refractivity contribution < 1.29 is 13.2 Å². The Hall–Kier alpha value is -1.61. The Morgan fingerprint density at radius 3 is 2.23 bits per heavy atom. The number of hydrogen-bond acceptors (Lipinski definition) is 3. The second kappa shape index (κ2) is 6.66. The van der Waals surface area contributed by atoms with Crippen molar-refractivity contribution in [3.63, 3.8) is 0 Å². The van der Waals surface area contributed by atoms with E-state index in [1.165, 1.54) is 0 Å². The Kier molecular flexibility index (Phi) is 5.07. The molecule has 0 aliphatic carbocycles. The molecule has 0 unspecified atom stereocenters. The molecule has 5 nitrogen and oxygen atoms in total. The molecule has 2 aromatic rings. The first kappa shape index (κ1) is 16.8. The zero-order chi connectivity index (χ0) is 16.3. The summed E-state index contributed by atoms with van der Waals surface area (Å²) in [6.07, 6.45) is 1.09. The maximum atomic E-state index is 12.3. The summed E-state index contributed by atoms with van der Waals surface area (Å²) in [5.74, 6) is -0.197. The summed E-state index contributed by atoms with van der Waals surface area (Å²) in [5, 5.41) is 2.80. The van der Waals surface area contributed by atoms with Crippen LogP contribution in [0.25, 0.3) is 0 Å². The molecule has 1 amide bonds. The van der Waals surface area contributed by atoms with Crippen LogP contribution in [0.2, 0.25) is 0 Å². The SMILES string of the molecule is Cc1cccc(C(=O)Nc2ccc(NS(C)(=O)=O)cc2)c1I. The molecule has 0 atom stereocenters. The molecule has 2 N–H and O–H groups in total. The van der Waals surface area contributed by atoms with Gasteiger partial charge in [0.25, 0.3) is 5.91 Å². The van der Waals surface area contributed by atoms with Crippen molar-refractivity contribution in [3.8, 4) is 0 Å². The maximum Gasteiger partial charge on any atom is 0.256 e. The minimum Gasteiger partial charge on any atom is -0.322 e. The van der Waals surface area contributed by atoms with Gasteiger partial charge < -0.3 is 5.32 Å². The lowest BCUT2D eigenvalue weighted by Crippen LogP contribution is -2.14. The maximum absolute atomic E-state index is 12.3. The van der Waals surface area contributed by atoms with Gasteiger partial charge in [-0.05, 0) is 65.4 Å². The third kappa shape index (κ3) is 4.44. The van der Waals surface area contributed by atoms with Crippen LogP contribution < -0.4 is 10.0 Å². The summed E-state index contributed by atoms with van der Waals surface area (Å²) in [6.45, 7) is 1.95. The van der Waals surface area contributed by atoms with Crippen molar-refractivity contribution in [1.82, 2.24) is 0 Å². The highest BCUT2D eigenvalue weighted by Crippen LogP contribution is 2.19. The highest BCUT2D eigenvalue weighted by Gasteiger charge is 2.11. The smallest absolute Gasteiger partial charge is 0.256 e. The fourth-order valence-electron chi connectivity index (χ4n) is 1.86. The Morgan fingerprint density at radius 2 is 1.64 bits per heavy atom. The summed E-state index contributed by atoms with van der Waals surface area (Å²) in [7, 11) is -3.30. The van der Waals surface area contributed by atoms with Crippen LogP contribution in [0.5, 0.6) is 0 Å². The van der Waals surface area contributed by atoms with Gasteiger partial charge in [0.05, 0.1) is 11.8 Å². The van der Waals surface area contributed by atoms with E-state index in [1.54, 1.807) is 30.3 Å². The number of aryl methyl sites for hydroxylation is 1. The molecule has 2 rings (SSSR count). The van der Waals surface area contributed by atoms with E-state index in [1.807, 2.05) is 19.1 Å². The van der Waals surface area contributed by atoms with E-state index in [2.05, 4.69) is 32.6 Å². The van der Waals surface area contributed by atoms with E-state index in [4.69, 9.17) is 0 Å². The van der Waals surface area contributed by atoms with Crippen molar-refractivity contribution >= 4 is 49.9 Å². The van der Waals surface area contributed by atoms with Crippen molar-refractivity contribution in [2.24, 2.45) is 0 Å². The van der Waals surface area contributed by atoms with Crippen LogP contribution in [0.15, 0.2) is 42.5 Å². The first-order valence-electron chi connectivity index (χ1n) is 6.40. The van der Waals surface area contributed by atoms with Gasteiger partial charge in [-0.25, -0.2) is 8.42 Å². The minimum atomic E-state index is -3.30. The Labute approximate surface area is 143 Å². The Balaban J connectivity index is 2.14. The van der Waals surface area contributed by atoms with E-state index in [0.717, 1.165) is 15.4 Å². The van der Waals surface area contributed by atoms with Crippen molar-refractivity contribution in [2.45, 2.75) is 6.92 Å². The van der Waals surface area contributed by atoms with Gasteiger partial charge in [0, 0.05) is 14.9 Å². The van der Waals surface area contributed by atoms with E-state index in [0.29, 0.717) is 16.9 Å². The van der Waals surface area contributed by atoms with Gasteiger partial charge >= 0.3 is 0 Å². The number of halogens is 1. The molecular formula is C15H15IN2O3S. The first-order valence-corrected chi connectivity index (χ1v) is 9.37. The van der Waals surface area contributed by atoms with Crippen LogP contribution in [0.4, 0.5) is 11.4 Å². The van der Waals surface area contributed by atoms with Crippen LogP contribution in [-0.4, -0.2) is 20.6 Å². The molecule has 0 saturated carbocycles. The number of anilines is 2. The van der Waals surface area contributed by atoms with E-state index in [-0.39, 0.29) is 5.91 Å². The fourth-order valence-corrected chi connectivity index (χ4v) is 3.03. The largest absolute Gasteiger partial charge is 0.322 e. The summed E-state index contributed by atoms with van der Waals surface area (Å²) in [5.41, 5.74) is 2.70. The van der Waals surface area contributed by atoms with E-state index in [9.17, 15) is 13.2 Å². The third-order valence-corrected chi connectivity index (χ3v) is 4.92. The molecular weight excluding hydrogens is 415 g/mol. The van der Waals surface area contributed by atoms with Gasteiger partial charge in [-0.2, -0.15) is 0 Å². The Bertz CT molecular complexity index is 802. The lowest BCUT2D eigenvalue weighted by molar-refractivity contribution is 0.102. The highest BCUT2D eigenvalue weighted by molar-refractivity contribution is 14.1. The van der Waals surface area contributed by atoms with Gasteiger partial charge in [-0.1, -0.05) is 12.1 Å². The molecule has 7 heteroatoms. The van der Waals surface area contributed by atoms with E-state index < -0.39 is 10.0 Å². The summed E-state index contributed by atoms with van der Waals surface area (Å²) in [6, 6.07) is 12.0. The number of nitrogens with one attached hydrogen (secondary N) is 2. The van der Waals surface area contributed by atoms with Crippen LogP contribution >= 0.6 is 22.6 Å². The quantitative estimate of drug-likeness (QED) is 0.732. The molecule has 2 aromatic carbocycles. The second-order valence-electron chi connectivity index (χ2n) is 4.84. The topological polar surface area (TPSA) is 75.3 Å². The van der Waals surface area contributed by atoms with Gasteiger partial charge in [0.15, 0.2) is 0 Å². The lowest BCUT2D eigenvalue weighted by Gasteiger charge is -2.09. The van der Waals surface area contributed by atoms with Crippen molar-refractivity contribution in [1.29, 1.82) is 0 Å². The molecule has 0 heterocycles. The molecule has 0 saturated heterocycles. The van der Waals surface area contributed by atoms with Gasteiger partial charge in [0.1, 0.15) is 0 Å². The van der Waals surface area contributed by atoms with Crippen molar-refractivity contribution in [2.75, 3.05) is 16.3 Å². The zero-order valence-corrected chi connectivity index (χ0v) is 15.0. The van der Waals surface area contributed by atoms with Crippen molar-refractivity contribution in [3.05, 3.63) is 57.2 Å². The third-order valence-electron chi connectivity index (χ3n) is 2.88. The summed E-state index contributed by atoms with van der Waals surface area (Å²) >= 11 is 2.15. The van der Waals surface area contributed by atoms with Crippen LogP contribution in [-0.2, 0) is 10.0 Å². The number of hydrogen-bond donors (Lipinski definition) is 2. The molecule has 0 bridgehead atoms. The molecule has 22 heavy (non-hydrogen) atoms. The zero-order valence-electron chi connectivity index (χ0n) is 12.1. The van der Waals surface area contributed by atoms with Crippen LogP contribution in [0.3, 0.4) is 0 Å². The monoisotopic (exact) mass is 430 g/mol. The minimum absolute atomic E-state index is 0.197. The van der Waals surface area contributed by atoms with Crippen LogP contribution in [0, 0.1) is 10.5 Å². The van der Waals surface area contributed by atoms with Gasteiger partial charge in [-0.15, -0.1) is 0 Å². The normalized spacial score (nSPS) is 11.0. The summed E-state index contributed by atoms with van der Waals surface area (Å²) in [4.78, 5) is 12.3. The summed E-state index contributed by atoms with van der Waals surface area (Å²) < 4.78 is 25.6. The number of carbonyl (C=O) groups excluding carboxylic acids is 1. The molecule has 116 valence electrons. The predicted molar refractivity (Wildman–Crippen MR) is 96.8 cm³/mol. The average molecular weight is 430 g/mol. The second-order valence-corrected chi connectivity index (χ2v) is 7.67. The number of sulfonamides is 1. The Morgan fingerprint density at radius 1 is 1.05 bits per heavy atom. The highest BCUT2D eigenvalue weighted by atomic mass is 127.